The number of hydrogen-bond donors (Lipinski definition) is 1. The fraction of sp³-hybridized carbons (Fsp3) is 0.619. The highest BCUT2D eigenvalue weighted by molar-refractivity contribution is 5.87. The summed E-state index contributed by atoms with van der Waals surface area (Å²) in [6.45, 7) is 4.65. The van der Waals surface area contributed by atoms with Crippen LogP contribution in [0.15, 0.2) is 30.3 Å². The molecule has 2 aliphatic carbocycles. The number of benzene rings is 1. The zero-order chi connectivity index (χ0) is 18.0. The van der Waals surface area contributed by atoms with Crippen molar-refractivity contribution >= 4 is 11.7 Å². The predicted octanol–water partition coefficient (Wildman–Crippen LogP) is 2.97. The second-order valence-corrected chi connectivity index (χ2v) is 7.73. The Morgan fingerprint density at radius 1 is 1.20 bits per heavy atom. The van der Waals surface area contributed by atoms with Crippen molar-refractivity contribution in [3.8, 4) is 0 Å². The van der Waals surface area contributed by atoms with Gasteiger partial charge in [-0.15, -0.1) is 0 Å². The molecule has 0 spiro atoms. The quantitative estimate of drug-likeness (QED) is 0.828. The Hall–Kier alpha value is -1.68. The second kappa shape index (κ2) is 7.69. The number of rotatable bonds is 7. The van der Waals surface area contributed by atoms with Gasteiger partial charge in [0.1, 0.15) is 5.78 Å². The smallest absolute Gasteiger partial charge is 0.226 e. The number of nitrogens with zero attached hydrogens (tertiary/aromatic N) is 1. The minimum atomic E-state index is -0.286. The van der Waals surface area contributed by atoms with Crippen molar-refractivity contribution in [3.05, 3.63) is 35.9 Å². The minimum Gasteiger partial charge on any atom is -0.339 e. The van der Waals surface area contributed by atoms with Crippen LogP contribution in [-0.4, -0.2) is 35.7 Å². The van der Waals surface area contributed by atoms with Crippen molar-refractivity contribution in [1.82, 2.24) is 4.90 Å². The summed E-state index contributed by atoms with van der Waals surface area (Å²) in [6, 6.07) is 10.9. The summed E-state index contributed by atoms with van der Waals surface area (Å²) in [4.78, 5) is 26.8. The summed E-state index contributed by atoms with van der Waals surface area (Å²) < 4.78 is 0. The van der Waals surface area contributed by atoms with E-state index in [9.17, 15) is 9.59 Å². The molecule has 0 aromatic heterocycles. The van der Waals surface area contributed by atoms with Gasteiger partial charge in [0.15, 0.2) is 0 Å². The number of carbonyl (C=O) groups is 2. The van der Waals surface area contributed by atoms with Crippen LogP contribution in [0.4, 0.5) is 0 Å². The molecule has 4 unspecified atom stereocenters. The van der Waals surface area contributed by atoms with Gasteiger partial charge in [-0.1, -0.05) is 37.3 Å². The summed E-state index contributed by atoms with van der Waals surface area (Å²) in [5, 5.41) is 0. The van der Waals surface area contributed by atoms with E-state index in [1.807, 2.05) is 6.92 Å². The van der Waals surface area contributed by atoms with Gasteiger partial charge in [0.2, 0.25) is 5.91 Å². The number of likely N-dealkylation sites (N-methyl/N-ethyl adjacent to an activating group) is 1. The molecule has 1 aromatic carbocycles. The van der Waals surface area contributed by atoms with E-state index in [4.69, 9.17) is 5.73 Å². The molecule has 2 N–H and O–H groups in total. The lowest BCUT2D eigenvalue weighted by molar-refractivity contribution is -0.140. The number of nitrogens with two attached hydrogens (primary N) is 1. The standard InChI is InChI=1S/C21H30N2O2/c1-3-23(21(25)14(2)11-18(24)13-22)20-17-10-9-16(12-17)19(20)15-7-5-4-6-8-15/h4-8,14,16-17,19-20H,3,9-13,22H2,1-2H3/t14-,16?,17?,19?,20?/m1/s1. The summed E-state index contributed by atoms with van der Waals surface area (Å²) in [5.41, 5.74) is 6.78. The highest BCUT2D eigenvalue weighted by atomic mass is 16.2. The van der Waals surface area contributed by atoms with Crippen LogP contribution >= 0.6 is 0 Å². The number of fused-ring (bicyclic) bond motifs is 2. The summed E-state index contributed by atoms with van der Waals surface area (Å²) >= 11 is 0. The topological polar surface area (TPSA) is 63.4 Å². The van der Waals surface area contributed by atoms with Gasteiger partial charge in [-0.25, -0.2) is 0 Å². The normalized spacial score (nSPS) is 28.8. The Morgan fingerprint density at radius 2 is 1.88 bits per heavy atom. The Labute approximate surface area is 150 Å². The maximum atomic E-state index is 13.1. The molecule has 4 nitrogen and oxygen atoms in total. The lowest BCUT2D eigenvalue weighted by atomic mass is 9.78. The lowest BCUT2D eigenvalue weighted by Gasteiger charge is -2.40. The fourth-order valence-electron chi connectivity index (χ4n) is 5.16. The Kier molecular flexibility index (Phi) is 5.57. The second-order valence-electron chi connectivity index (χ2n) is 7.73. The lowest BCUT2D eigenvalue weighted by Crippen LogP contribution is -2.48. The number of hydrogen-bond acceptors (Lipinski definition) is 3. The monoisotopic (exact) mass is 342 g/mol. The number of amides is 1. The van der Waals surface area contributed by atoms with E-state index < -0.39 is 0 Å². The molecule has 0 aliphatic heterocycles. The number of ketones is 1. The molecule has 0 radical (unpaired) electrons. The van der Waals surface area contributed by atoms with Crippen molar-refractivity contribution in [2.45, 2.75) is 51.5 Å². The Balaban J connectivity index is 1.83. The molecular formula is C21H30N2O2. The third-order valence-electron chi connectivity index (χ3n) is 6.22. The molecule has 4 heteroatoms. The van der Waals surface area contributed by atoms with Crippen LogP contribution in [0, 0.1) is 17.8 Å². The third-order valence-corrected chi connectivity index (χ3v) is 6.22. The van der Waals surface area contributed by atoms with Crippen molar-refractivity contribution in [2.75, 3.05) is 13.1 Å². The zero-order valence-electron chi connectivity index (χ0n) is 15.4. The molecule has 1 amide bonds. The van der Waals surface area contributed by atoms with E-state index in [2.05, 4.69) is 42.2 Å². The first-order chi connectivity index (χ1) is 12.1. The van der Waals surface area contributed by atoms with Gasteiger partial charge in [-0.05, 0) is 43.6 Å². The van der Waals surface area contributed by atoms with Gasteiger partial charge >= 0.3 is 0 Å². The summed E-state index contributed by atoms with van der Waals surface area (Å²) in [7, 11) is 0. The zero-order valence-corrected chi connectivity index (χ0v) is 15.4. The molecule has 3 rings (SSSR count). The maximum Gasteiger partial charge on any atom is 0.226 e. The van der Waals surface area contributed by atoms with Crippen LogP contribution in [-0.2, 0) is 9.59 Å². The van der Waals surface area contributed by atoms with Gasteiger partial charge in [0.25, 0.3) is 0 Å². The van der Waals surface area contributed by atoms with E-state index in [0.29, 0.717) is 24.3 Å². The van der Waals surface area contributed by atoms with Crippen molar-refractivity contribution in [3.63, 3.8) is 0 Å². The first-order valence-electron chi connectivity index (χ1n) is 9.64. The van der Waals surface area contributed by atoms with Crippen LogP contribution in [0.3, 0.4) is 0 Å². The van der Waals surface area contributed by atoms with E-state index in [-0.39, 0.29) is 36.6 Å². The molecule has 2 bridgehead atoms. The average molecular weight is 342 g/mol. The molecule has 136 valence electrons. The van der Waals surface area contributed by atoms with E-state index in [1.165, 1.54) is 24.8 Å². The summed E-state index contributed by atoms with van der Waals surface area (Å²) in [6.07, 6.45) is 3.97. The molecule has 2 saturated carbocycles. The van der Waals surface area contributed by atoms with Crippen molar-refractivity contribution in [2.24, 2.45) is 23.5 Å². The van der Waals surface area contributed by atoms with Gasteiger partial charge in [-0.2, -0.15) is 0 Å². The molecular weight excluding hydrogens is 312 g/mol. The average Bonchev–Trinajstić information content (AvgIpc) is 3.24. The molecule has 1 aromatic rings. The maximum absolute atomic E-state index is 13.1. The van der Waals surface area contributed by atoms with Crippen LogP contribution in [0.2, 0.25) is 0 Å². The summed E-state index contributed by atoms with van der Waals surface area (Å²) in [5.74, 6) is 1.50. The SMILES string of the molecule is CCN(C(=O)[C@H](C)CC(=O)CN)C1C2CCC(C2)C1c1ccccc1. The van der Waals surface area contributed by atoms with Crippen LogP contribution in [0.25, 0.3) is 0 Å². The van der Waals surface area contributed by atoms with E-state index in [0.717, 1.165) is 0 Å². The predicted molar refractivity (Wildman–Crippen MR) is 99.0 cm³/mol. The minimum absolute atomic E-state index is 0.0184. The number of Topliss-reactive ketones (excluding diaryl/α,β-unsaturated/α-hetero) is 1. The largest absolute Gasteiger partial charge is 0.339 e. The van der Waals surface area contributed by atoms with Gasteiger partial charge in [0.05, 0.1) is 6.54 Å². The molecule has 25 heavy (non-hydrogen) atoms. The number of carbonyl (C=O) groups excluding carboxylic acids is 2. The van der Waals surface area contributed by atoms with Gasteiger partial charge in [0, 0.05) is 30.8 Å². The first-order valence-corrected chi connectivity index (χ1v) is 9.64. The molecule has 0 heterocycles. The van der Waals surface area contributed by atoms with Crippen LogP contribution in [0.1, 0.15) is 51.0 Å². The van der Waals surface area contributed by atoms with E-state index in [1.54, 1.807) is 0 Å². The van der Waals surface area contributed by atoms with Crippen LogP contribution < -0.4 is 5.73 Å². The van der Waals surface area contributed by atoms with E-state index >= 15 is 0 Å². The fourth-order valence-corrected chi connectivity index (χ4v) is 5.16. The Bertz CT molecular complexity index is 616. The van der Waals surface area contributed by atoms with Gasteiger partial charge < -0.3 is 10.6 Å². The first kappa shape index (κ1) is 18.1. The van der Waals surface area contributed by atoms with Crippen molar-refractivity contribution < 1.29 is 9.59 Å². The Morgan fingerprint density at radius 3 is 2.52 bits per heavy atom. The molecule has 0 saturated heterocycles. The molecule has 2 aliphatic rings. The molecule has 5 atom stereocenters. The van der Waals surface area contributed by atoms with Gasteiger partial charge in [-0.3, -0.25) is 9.59 Å². The molecule has 2 fully saturated rings. The third kappa shape index (κ3) is 3.50. The highest BCUT2D eigenvalue weighted by Crippen LogP contribution is 2.55. The van der Waals surface area contributed by atoms with Crippen molar-refractivity contribution in [1.29, 1.82) is 0 Å². The van der Waals surface area contributed by atoms with Crippen LogP contribution in [0.5, 0.6) is 0 Å². The highest BCUT2D eigenvalue weighted by Gasteiger charge is 2.51.